The van der Waals surface area contributed by atoms with E-state index in [0.717, 1.165) is 24.3 Å². The Labute approximate surface area is 399 Å². The number of nitrogens with one attached hydrogen (secondary N) is 7. The van der Waals surface area contributed by atoms with Crippen molar-refractivity contribution in [2.24, 2.45) is 10.2 Å². The number of nitrogens with zero attached hydrogens (tertiary/aromatic N) is 2. The van der Waals surface area contributed by atoms with Gasteiger partial charge in [-0.1, -0.05) is 56.6 Å². The van der Waals surface area contributed by atoms with E-state index >= 15 is 0 Å². The van der Waals surface area contributed by atoms with E-state index in [1.165, 1.54) is 74.9 Å². The third kappa shape index (κ3) is 12.2. The summed E-state index contributed by atoms with van der Waals surface area (Å²) in [6.45, 7) is 13.7. The first-order valence-electron chi connectivity index (χ1n) is 20.7. The van der Waals surface area contributed by atoms with E-state index in [4.69, 9.17) is 9.47 Å². The molecule has 0 aliphatic heterocycles. The van der Waals surface area contributed by atoms with Crippen molar-refractivity contribution >= 4 is 103 Å². The zero-order chi connectivity index (χ0) is 50.5. The van der Waals surface area contributed by atoms with E-state index in [0.29, 0.717) is 10.8 Å². The fourth-order valence-electron chi connectivity index (χ4n) is 6.60. The second-order valence-corrected chi connectivity index (χ2v) is 14.6. The lowest BCUT2D eigenvalue weighted by Crippen LogP contribution is -2.16. The summed E-state index contributed by atoms with van der Waals surface area (Å²) < 4.78 is 11.2. The Hall–Kier alpha value is -10.2. The summed E-state index contributed by atoms with van der Waals surface area (Å²) in [5.74, 6) is -4.49. The predicted molar refractivity (Wildman–Crippen MR) is 268 cm³/mol. The number of anilines is 7. The molecular formula is C51H43N9O10. The fraction of sp³-hybridized carbons (Fsp3) is 0.0392. The van der Waals surface area contributed by atoms with Crippen molar-refractivity contribution in [1.82, 2.24) is 0 Å². The standard InChI is InChI=1S/C51H43N9O10/c1-7-43(61)52-33-18-29(19-34(24-33)53-44(62)8-2)49(66)56-31-15-13-16-32(23-31)57-51(68)38-22-28-14-11-12-17-37(28)47(48(38)65)60-59-40-27-41(69-5)39(26-42(40)70-6)58-50(67)30-20-35(54-45(63)9-3)25-36(21-30)55-46(64)10-4/h7-27,65H,1-4H2,5-6H3,(H,52,61)(H,53,62)(H,54,63)(H,55,64)(H,56,66)(H,57,68)(H,58,67). The molecule has 6 aromatic carbocycles. The largest absolute Gasteiger partial charge is 0.505 e. The number of carbonyl (C=O) groups excluding carboxylic acids is 7. The van der Waals surface area contributed by atoms with Crippen molar-refractivity contribution < 1.29 is 48.1 Å². The van der Waals surface area contributed by atoms with Crippen LogP contribution in [0.3, 0.4) is 0 Å². The molecule has 0 saturated heterocycles. The third-order valence-electron chi connectivity index (χ3n) is 9.83. The van der Waals surface area contributed by atoms with Crippen LogP contribution < -0.4 is 46.7 Å². The van der Waals surface area contributed by atoms with Crippen molar-refractivity contribution in [1.29, 1.82) is 0 Å². The number of azo groups is 1. The van der Waals surface area contributed by atoms with E-state index in [-0.39, 0.29) is 79.4 Å². The molecule has 0 aromatic heterocycles. The van der Waals surface area contributed by atoms with E-state index in [9.17, 15) is 38.7 Å². The summed E-state index contributed by atoms with van der Waals surface area (Å²) >= 11 is 0. The van der Waals surface area contributed by atoms with Crippen LogP contribution in [0, 0.1) is 0 Å². The van der Waals surface area contributed by atoms with Gasteiger partial charge in [0.1, 0.15) is 22.9 Å². The maximum Gasteiger partial charge on any atom is 0.259 e. The predicted octanol–water partition coefficient (Wildman–Crippen LogP) is 9.23. The van der Waals surface area contributed by atoms with E-state index in [1.54, 1.807) is 42.5 Å². The average molecular weight is 942 g/mol. The van der Waals surface area contributed by atoms with Gasteiger partial charge in [0.25, 0.3) is 17.7 Å². The highest BCUT2D eigenvalue weighted by Crippen LogP contribution is 2.43. The van der Waals surface area contributed by atoms with Crippen LogP contribution in [0.2, 0.25) is 0 Å². The van der Waals surface area contributed by atoms with Crippen LogP contribution in [0.4, 0.5) is 51.2 Å². The molecule has 19 heteroatoms. The van der Waals surface area contributed by atoms with Crippen molar-refractivity contribution in [3.63, 3.8) is 0 Å². The quantitative estimate of drug-likeness (QED) is 0.0299. The number of amides is 7. The highest BCUT2D eigenvalue weighted by molar-refractivity contribution is 6.13. The smallest absolute Gasteiger partial charge is 0.259 e. The van der Waals surface area contributed by atoms with Gasteiger partial charge >= 0.3 is 0 Å². The number of hydrogen-bond donors (Lipinski definition) is 8. The molecule has 6 rings (SSSR count). The van der Waals surface area contributed by atoms with Gasteiger partial charge in [0.05, 0.1) is 25.5 Å². The van der Waals surface area contributed by atoms with Gasteiger partial charge in [0.2, 0.25) is 23.6 Å². The first-order chi connectivity index (χ1) is 33.6. The lowest BCUT2D eigenvalue weighted by atomic mass is 10.0. The summed E-state index contributed by atoms with van der Waals surface area (Å²) in [5, 5.41) is 39.8. The number of fused-ring (bicyclic) bond motifs is 1. The fourth-order valence-corrected chi connectivity index (χ4v) is 6.60. The Kier molecular flexibility index (Phi) is 15.7. The minimum Gasteiger partial charge on any atom is -0.505 e. The minimum atomic E-state index is -0.736. The van der Waals surface area contributed by atoms with Gasteiger partial charge in [-0.05, 0) is 90.4 Å². The highest BCUT2D eigenvalue weighted by atomic mass is 16.5. The molecule has 0 spiro atoms. The number of phenolic OH excluding ortho intramolecular Hbond substituents is 1. The molecule has 8 N–H and O–H groups in total. The van der Waals surface area contributed by atoms with Crippen molar-refractivity contribution in [3.05, 3.63) is 170 Å². The molecule has 352 valence electrons. The van der Waals surface area contributed by atoms with Crippen LogP contribution in [0.15, 0.2) is 164 Å². The lowest BCUT2D eigenvalue weighted by molar-refractivity contribution is -0.112. The summed E-state index contributed by atoms with van der Waals surface area (Å²) in [6.07, 6.45) is 4.18. The van der Waals surface area contributed by atoms with Crippen LogP contribution in [0.5, 0.6) is 17.2 Å². The van der Waals surface area contributed by atoms with Gasteiger partial charge in [-0.25, -0.2) is 0 Å². The van der Waals surface area contributed by atoms with Crippen LogP contribution in [-0.4, -0.2) is 60.7 Å². The van der Waals surface area contributed by atoms with Gasteiger partial charge in [0, 0.05) is 62.8 Å². The topological polar surface area (TPSA) is 267 Å². The molecule has 6 aromatic rings. The van der Waals surface area contributed by atoms with Gasteiger partial charge in [0.15, 0.2) is 5.75 Å². The third-order valence-corrected chi connectivity index (χ3v) is 9.83. The lowest BCUT2D eigenvalue weighted by Gasteiger charge is -2.15. The zero-order valence-corrected chi connectivity index (χ0v) is 37.5. The van der Waals surface area contributed by atoms with E-state index in [2.05, 4.69) is 73.8 Å². The Morgan fingerprint density at radius 3 is 1.43 bits per heavy atom. The van der Waals surface area contributed by atoms with E-state index < -0.39 is 47.1 Å². The van der Waals surface area contributed by atoms with E-state index in [1.807, 2.05) is 0 Å². The number of phenols is 1. The van der Waals surface area contributed by atoms with Gasteiger partial charge in [-0.3, -0.25) is 33.6 Å². The monoisotopic (exact) mass is 941 g/mol. The number of ether oxygens (including phenoxy) is 2. The van der Waals surface area contributed by atoms with Crippen LogP contribution >= 0.6 is 0 Å². The molecule has 0 bridgehead atoms. The molecule has 0 aliphatic carbocycles. The van der Waals surface area contributed by atoms with Crippen LogP contribution in [-0.2, 0) is 19.2 Å². The number of hydrogen-bond acceptors (Lipinski definition) is 12. The minimum absolute atomic E-state index is 0.0408. The maximum absolute atomic E-state index is 13.9. The number of benzene rings is 6. The molecular weight excluding hydrogens is 899 g/mol. The SMILES string of the molecule is C=CC(=O)Nc1cc(NC(=O)C=C)cc(C(=O)Nc2cccc(NC(=O)c3cc4ccccc4c(N=Nc4cc(OC)c(NC(=O)c5cc(NC(=O)C=C)cc(NC(=O)C=C)c5)cc4OC)c3O)c2)c1. The van der Waals surface area contributed by atoms with Gasteiger partial charge in [-0.2, -0.15) is 0 Å². The average Bonchev–Trinajstić information content (AvgIpc) is 3.35. The summed E-state index contributed by atoms with van der Waals surface area (Å²) in [7, 11) is 2.71. The summed E-state index contributed by atoms with van der Waals surface area (Å²) in [6, 6.07) is 25.8. The number of carbonyl (C=O) groups is 7. The molecule has 7 amide bonds. The molecule has 19 nitrogen and oxygen atoms in total. The Morgan fingerprint density at radius 2 is 0.943 bits per heavy atom. The molecule has 70 heavy (non-hydrogen) atoms. The first-order valence-corrected chi connectivity index (χ1v) is 20.7. The van der Waals surface area contributed by atoms with Crippen LogP contribution in [0.25, 0.3) is 10.8 Å². The number of methoxy groups -OCH3 is 2. The first kappa shape index (κ1) is 49.3. The van der Waals surface area contributed by atoms with Gasteiger partial charge < -0.3 is 51.8 Å². The zero-order valence-electron chi connectivity index (χ0n) is 37.5. The molecule has 0 heterocycles. The summed E-state index contributed by atoms with van der Waals surface area (Å²) in [4.78, 5) is 89.2. The summed E-state index contributed by atoms with van der Waals surface area (Å²) in [5.41, 5.74) is 1.41. The van der Waals surface area contributed by atoms with Gasteiger partial charge in [-0.15, -0.1) is 10.2 Å². The van der Waals surface area contributed by atoms with Crippen molar-refractivity contribution in [2.45, 2.75) is 0 Å². The molecule has 0 saturated carbocycles. The Morgan fingerprint density at radius 1 is 0.486 bits per heavy atom. The second-order valence-electron chi connectivity index (χ2n) is 14.6. The Balaban J connectivity index is 1.26. The molecule has 0 fully saturated rings. The molecule has 0 unspecified atom stereocenters. The van der Waals surface area contributed by atoms with Crippen LogP contribution in [0.1, 0.15) is 31.1 Å². The maximum atomic E-state index is 13.9. The normalized spacial score (nSPS) is 10.5. The molecule has 0 aliphatic rings. The Bertz CT molecular complexity index is 3120. The highest BCUT2D eigenvalue weighted by Gasteiger charge is 2.21. The second kappa shape index (κ2) is 22.3. The number of rotatable bonds is 18. The number of aromatic hydroxyl groups is 1. The molecule has 0 radical (unpaired) electrons. The van der Waals surface area contributed by atoms with Crippen molar-refractivity contribution in [2.75, 3.05) is 51.4 Å². The molecule has 0 atom stereocenters. The van der Waals surface area contributed by atoms with Crippen molar-refractivity contribution in [3.8, 4) is 17.2 Å².